The molecule has 5 heteroatoms. The van der Waals surface area contributed by atoms with Gasteiger partial charge in [0.2, 0.25) is 0 Å². The summed E-state index contributed by atoms with van der Waals surface area (Å²) in [5.41, 5.74) is 0. The number of hydrogen-bond donors (Lipinski definition) is 4. The molecule has 0 radical (unpaired) electrons. The Morgan fingerprint density at radius 2 is 1.89 bits per heavy atom. The number of hydrogen-bond acceptors (Lipinski definition) is 4. The van der Waals surface area contributed by atoms with Gasteiger partial charge in [0, 0.05) is 6.54 Å². The molecule has 0 saturated carbocycles. The lowest BCUT2D eigenvalue weighted by atomic mass is 10.6. The molecule has 0 spiro atoms. The Bertz CT molecular complexity index is 57.0. The van der Waals surface area contributed by atoms with Crippen molar-refractivity contribution in [3.05, 3.63) is 12.7 Å². The van der Waals surface area contributed by atoms with Crippen molar-refractivity contribution >= 4 is 9.53 Å². The van der Waals surface area contributed by atoms with Crippen LogP contribution in [0.3, 0.4) is 0 Å². The Morgan fingerprint density at radius 3 is 1.89 bits per heavy atom. The van der Waals surface area contributed by atoms with Gasteiger partial charge in [-0.2, -0.15) is 0 Å². The summed E-state index contributed by atoms with van der Waals surface area (Å²) in [7, 11) is -1.25. The minimum Gasteiger partial charge on any atom is -0.392 e. The zero-order valence-corrected chi connectivity index (χ0v) is 6.57. The quantitative estimate of drug-likeness (QED) is 0.274. The number of likely N-dealkylation sites (N-methyl/N-ethyl adjacent to an activating group) is 1. The van der Waals surface area contributed by atoms with Gasteiger partial charge in [0.15, 0.2) is 0 Å². The fraction of sp³-hybridized carbons (Fsp3) is 0.500. The van der Waals surface area contributed by atoms with E-state index in [2.05, 4.69) is 11.9 Å². The first-order valence-corrected chi connectivity index (χ1v) is 3.99. The molecular formula is C4H13NO3Si. The van der Waals surface area contributed by atoms with Crippen LogP contribution in [-0.2, 0) is 0 Å². The van der Waals surface area contributed by atoms with Crippen LogP contribution in [0, 0.1) is 0 Å². The third-order valence-corrected chi connectivity index (χ3v) is 0.348. The SMILES string of the molecule is C=CCNC.O[SiH](O)O. The second kappa shape index (κ2) is 10.7. The predicted octanol–water partition coefficient (Wildman–Crippen LogP) is -1.93. The highest BCUT2D eigenvalue weighted by Gasteiger charge is 1.83. The summed E-state index contributed by atoms with van der Waals surface area (Å²) in [4.78, 5) is 21.9. The maximum Gasteiger partial charge on any atom is 0.475 e. The second-order valence-electron chi connectivity index (χ2n) is 1.19. The molecule has 0 atom stereocenters. The monoisotopic (exact) mass is 151 g/mol. The van der Waals surface area contributed by atoms with Crippen LogP contribution in [0.4, 0.5) is 0 Å². The van der Waals surface area contributed by atoms with Gasteiger partial charge >= 0.3 is 9.53 Å². The van der Waals surface area contributed by atoms with Crippen molar-refractivity contribution in [1.82, 2.24) is 5.32 Å². The van der Waals surface area contributed by atoms with Gasteiger partial charge in [0.25, 0.3) is 0 Å². The molecule has 56 valence electrons. The third kappa shape index (κ3) is 81.1. The van der Waals surface area contributed by atoms with Gasteiger partial charge in [0.1, 0.15) is 0 Å². The van der Waals surface area contributed by atoms with Gasteiger partial charge in [-0.15, -0.1) is 6.58 Å². The molecule has 0 bridgehead atoms. The molecule has 0 unspecified atom stereocenters. The molecule has 0 fully saturated rings. The fourth-order valence-corrected chi connectivity index (χ4v) is 0.144. The van der Waals surface area contributed by atoms with E-state index in [1.54, 1.807) is 0 Å². The van der Waals surface area contributed by atoms with E-state index in [-0.39, 0.29) is 0 Å². The fourth-order valence-electron chi connectivity index (χ4n) is 0.144. The third-order valence-electron chi connectivity index (χ3n) is 0.348. The van der Waals surface area contributed by atoms with Gasteiger partial charge in [-0.25, -0.2) is 0 Å². The van der Waals surface area contributed by atoms with Crippen LogP contribution in [0.2, 0.25) is 0 Å². The lowest BCUT2D eigenvalue weighted by Gasteiger charge is -1.79. The lowest BCUT2D eigenvalue weighted by Crippen LogP contribution is -2.07. The highest BCUT2D eigenvalue weighted by Crippen LogP contribution is 1.48. The largest absolute Gasteiger partial charge is 0.475 e. The van der Waals surface area contributed by atoms with Gasteiger partial charge in [-0.3, -0.25) is 0 Å². The second-order valence-corrected chi connectivity index (χ2v) is 1.89. The van der Waals surface area contributed by atoms with Crippen molar-refractivity contribution in [2.45, 2.75) is 0 Å². The predicted molar refractivity (Wildman–Crippen MR) is 37.9 cm³/mol. The van der Waals surface area contributed by atoms with Crippen LogP contribution in [-0.4, -0.2) is 37.5 Å². The summed E-state index contributed by atoms with van der Waals surface area (Å²) in [6.07, 6.45) is 1.82. The Balaban J connectivity index is 0. The molecule has 0 aliphatic heterocycles. The summed E-state index contributed by atoms with van der Waals surface area (Å²) in [6.45, 7) is 4.39. The molecule has 0 aromatic heterocycles. The Labute approximate surface area is 56.4 Å². The van der Waals surface area contributed by atoms with E-state index >= 15 is 0 Å². The Hall–Kier alpha value is -0.203. The van der Waals surface area contributed by atoms with E-state index in [0.717, 1.165) is 6.54 Å². The summed E-state index contributed by atoms with van der Waals surface area (Å²) in [6, 6.07) is 0. The van der Waals surface area contributed by atoms with E-state index in [0.29, 0.717) is 0 Å². The topological polar surface area (TPSA) is 72.7 Å². The first kappa shape index (κ1) is 11.6. The molecule has 9 heavy (non-hydrogen) atoms. The van der Waals surface area contributed by atoms with E-state index < -0.39 is 9.53 Å². The van der Waals surface area contributed by atoms with Crippen LogP contribution in [0.25, 0.3) is 0 Å². The van der Waals surface area contributed by atoms with Gasteiger partial charge in [0.05, 0.1) is 0 Å². The normalized spacial score (nSPS) is 8.11. The summed E-state index contributed by atoms with van der Waals surface area (Å²) < 4.78 is 0. The lowest BCUT2D eigenvalue weighted by molar-refractivity contribution is 0.278. The molecular weight excluding hydrogens is 138 g/mol. The molecule has 4 N–H and O–H groups in total. The molecule has 0 aliphatic rings. The van der Waals surface area contributed by atoms with E-state index in [4.69, 9.17) is 14.4 Å². The van der Waals surface area contributed by atoms with Crippen molar-refractivity contribution in [2.75, 3.05) is 13.6 Å². The maximum atomic E-state index is 7.31. The minimum atomic E-state index is -3.14. The molecule has 0 rings (SSSR count). The highest BCUT2D eigenvalue weighted by molar-refractivity contribution is 6.30. The van der Waals surface area contributed by atoms with Crippen molar-refractivity contribution < 1.29 is 14.4 Å². The van der Waals surface area contributed by atoms with Crippen LogP contribution in [0.15, 0.2) is 12.7 Å². The molecule has 0 saturated heterocycles. The zero-order valence-electron chi connectivity index (χ0n) is 5.41. The van der Waals surface area contributed by atoms with Crippen molar-refractivity contribution in [3.8, 4) is 0 Å². The van der Waals surface area contributed by atoms with Crippen LogP contribution in [0.5, 0.6) is 0 Å². The molecule has 0 aromatic carbocycles. The summed E-state index contributed by atoms with van der Waals surface area (Å²) in [5, 5.41) is 2.90. The van der Waals surface area contributed by atoms with Crippen LogP contribution < -0.4 is 5.32 Å². The first-order chi connectivity index (χ1) is 4.15. The van der Waals surface area contributed by atoms with E-state index in [1.807, 2.05) is 13.1 Å². The van der Waals surface area contributed by atoms with Crippen molar-refractivity contribution in [3.63, 3.8) is 0 Å². The smallest absolute Gasteiger partial charge is 0.392 e. The zero-order chi connectivity index (χ0) is 7.70. The highest BCUT2D eigenvalue weighted by atomic mass is 28.3. The molecule has 0 aromatic rings. The minimum absolute atomic E-state index is 0.903. The summed E-state index contributed by atoms with van der Waals surface area (Å²) >= 11 is 0. The Morgan fingerprint density at radius 1 is 1.56 bits per heavy atom. The van der Waals surface area contributed by atoms with Crippen LogP contribution >= 0.6 is 0 Å². The van der Waals surface area contributed by atoms with E-state index in [9.17, 15) is 0 Å². The Kier molecular flexibility index (Phi) is 13.8. The van der Waals surface area contributed by atoms with Crippen molar-refractivity contribution in [2.24, 2.45) is 0 Å². The standard InChI is InChI=1S/C4H9N.H4O3Si/c1-3-4-5-2;1-4(2)3/h3,5H,1,4H2,2H3;1-4H. The first-order valence-electron chi connectivity index (χ1n) is 2.44. The van der Waals surface area contributed by atoms with Gasteiger partial charge in [-0.1, -0.05) is 6.08 Å². The maximum absolute atomic E-state index is 7.31. The number of nitrogens with one attached hydrogen (secondary N) is 1. The summed E-state index contributed by atoms with van der Waals surface area (Å²) in [5.74, 6) is 0. The molecule has 0 amide bonds. The average Bonchev–Trinajstić information content (AvgIpc) is 1.66. The van der Waals surface area contributed by atoms with Gasteiger partial charge in [-0.05, 0) is 7.05 Å². The van der Waals surface area contributed by atoms with E-state index in [1.165, 1.54) is 0 Å². The van der Waals surface area contributed by atoms with Crippen molar-refractivity contribution in [1.29, 1.82) is 0 Å². The van der Waals surface area contributed by atoms with Crippen LogP contribution in [0.1, 0.15) is 0 Å². The molecule has 0 heterocycles. The molecule has 4 nitrogen and oxygen atoms in total. The number of rotatable bonds is 2. The molecule has 0 aliphatic carbocycles. The van der Waals surface area contributed by atoms with Gasteiger partial charge < -0.3 is 19.7 Å². The average molecular weight is 151 g/mol.